The first-order valence-corrected chi connectivity index (χ1v) is 7.26. The summed E-state index contributed by atoms with van der Waals surface area (Å²) < 4.78 is 10.4. The molecule has 0 atom stereocenters. The van der Waals surface area contributed by atoms with Gasteiger partial charge in [0, 0.05) is 36.9 Å². The van der Waals surface area contributed by atoms with E-state index in [1.165, 1.54) is 6.07 Å². The van der Waals surface area contributed by atoms with Gasteiger partial charge in [0.1, 0.15) is 5.58 Å². The molecule has 3 rings (SSSR count). The quantitative estimate of drug-likeness (QED) is 0.838. The minimum Gasteiger partial charge on any atom is -0.423 e. The van der Waals surface area contributed by atoms with Crippen LogP contribution >= 0.6 is 0 Å². The van der Waals surface area contributed by atoms with E-state index in [4.69, 9.17) is 14.9 Å². The van der Waals surface area contributed by atoms with Crippen molar-refractivity contribution in [3.05, 3.63) is 40.8 Å². The average Bonchev–Trinajstić information content (AvgIpc) is 2.55. The van der Waals surface area contributed by atoms with Crippen LogP contribution in [0.15, 0.2) is 39.5 Å². The Morgan fingerprint density at radius 3 is 2.73 bits per heavy atom. The molecule has 1 aliphatic rings. The third-order valence-electron chi connectivity index (χ3n) is 4.20. The number of amides is 1. The first-order valence-electron chi connectivity index (χ1n) is 7.26. The molecule has 116 valence electrons. The molecule has 1 saturated heterocycles. The second kappa shape index (κ2) is 5.90. The fourth-order valence-corrected chi connectivity index (χ4v) is 2.70. The van der Waals surface area contributed by atoms with Gasteiger partial charge in [-0.2, -0.15) is 0 Å². The lowest BCUT2D eigenvalue weighted by atomic mass is 9.79. The number of hydrogen-bond acceptors (Lipinski definition) is 5. The summed E-state index contributed by atoms with van der Waals surface area (Å²) in [7, 11) is 0. The highest BCUT2D eigenvalue weighted by atomic mass is 16.5. The Labute approximate surface area is 127 Å². The van der Waals surface area contributed by atoms with E-state index in [0.29, 0.717) is 43.9 Å². The third kappa shape index (κ3) is 2.75. The van der Waals surface area contributed by atoms with Gasteiger partial charge < -0.3 is 20.2 Å². The standard InChI is InChI=1S/C16H18N2O4/c17-10-16(5-7-21-8-6-16)15(20)18-12-2-3-13-11(9-12)1-4-14(19)22-13/h1-4,9H,5-8,10,17H2,(H,18,20). The van der Waals surface area contributed by atoms with Gasteiger partial charge in [0.15, 0.2) is 0 Å². The summed E-state index contributed by atoms with van der Waals surface area (Å²) in [6.45, 7) is 1.39. The molecule has 0 aliphatic carbocycles. The van der Waals surface area contributed by atoms with Gasteiger partial charge >= 0.3 is 5.63 Å². The van der Waals surface area contributed by atoms with Gasteiger partial charge in [0.25, 0.3) is 0 Å². The van der Waals surface area contributed by atoms with Gasteiger partial charge in [-0.15, -0.1) is 0 Å². The Bertz CT molecular complexity index is 747. The number of benzene rings is 1. The molecule has 0 saturated carbocycles. The number of rotatable bonds is 3. The SMILES string of the molecule is NCC1(C(=O)Nc2ccc3oc(=O)ccc3c2)CCOCC1. The van der Waals surface area contributed by atoms with Crippen molar-refractivity contribution in [3.63, 3.8) is 0 Å². The summed E-state index contributed by atoms with van der Waals surface area (Å²) >= 11 is 0. The minimum atomic E-state index is -0.573. The normalized spacial score (nSPS) is 17.3. The molecule has 2 aromatic rings. The Hall–Kier alpha value is -2.18. The number of nitrogens with one attached hydrogen (secondary N) is 1. The topological polar surface area (TPSA) is 94.6 Å². The fourth-order valence-electron chi connectivity index (χ4n) is 2.70. The molecule has 0 radical (unpaired) electrons. The number of anilines is 1. The van der Waals surface area contributed by atoms with Crippen LogP contribution in [0.3, 0.4) is 0 Å². The smallest absolute Gasteiger partial charge is 0.336 e. The highest BCUT2D eigenvalue weighted by Gasteiger charge is 2.38. The summed E-state index contributed by atoms with van der Waals surface area (Å²) in [6, 6.07) is 8.19. The van der Waals surface area contributed by atoms with Crippen molar-refractivity contribution >= 4 is 22.6 Å². The van der Waals surface area contributed by atoms with Crippen LogP contribution < -0.4 is 16.7 Å². The van der Waals surface area contributed by atoms with Gasteiger partial charge in [0.2, 0.25) is 5.91 Å². The molecular formula is C16H18N2O4. The third-order valence-corrected chi connectivity index (χ3v) is 4.20. The zero-order valence-corrected chi connectivity index (χ0v) is 12.1. The molecule has 1 aliphatic heterocycles. The Morgan fingerprint density at radius 2 is 2.00 bits per heavy atom. The molecule has 3 N–H and O–H groups in total. The van der Waals surface area contributed by atoms with E-state index >= 15 is 0 Å². The Balaban J connectivity index is 1.84. The molecule has 1 aromatic carbocycles. The van der Waals surface area contributed by atoms with E-state index in [1.54, 1.807) is 24.3 Å². The monoisotopic (exact) mass is 302 g/mol. The highest BCUT2D eigenvalue weighted by molar-refractivity contribution is 5.97. The van der Waals surface area contributed by atoms with E-state index in [0.717, 1.165) is 5.39 Å². The molecule has 6 heteroatoms. The molecule has 0 bridgehead atoms. The van der Waals surface area contributed by atoms with Crippen LogP contribution in [-0.4, -0.2) is 25.7 Å². The van der Waals surface area contributed by atoms with Gasteiger partial charge in [-0.25, -0.2) is 4.79 Å². The fraction of sp³-hybridized carbons (Fsp3) is 0.375. The van der Waals surface area contributed by atoms with Gasteiger partial charge in [-0.3, -0.25) is 4.79 Å². The maximum absolute atomic E-state index is 12.6. The van der Waals surface area contributed by atoms with Crippen molar-refractivity contribution in [2.75, 3.05) is 25.1 Å². The zero-order valence-electron chi connectivity index (χ0n) is 12.1. The van der Waals surface area contributed by atoms with Crippen LogP contribution in [0, 0.1) is 5.41 Å². The van der Waals surface area contributed by atoms with Gasteiger partial charge in [0.05, 0.1) is 5.41 Å². The number of fused-ring (bicyclic) bond motifs is 1. The molecule has 6 nitrogen and oxygen atoms in total. The lowest BCUT2D eigenvalue weighted by Gasteiger charge is -2.34. The van der Waals surface area contributed by atoms with E-state index in [9.17, 15) is 9.59 Å². The second-order valence-corrected chi connectivity index (χ2v) is 5.56. The number of hydrogen-bond donors (Lipinski definition) is 2. The summed E-state index contributed by atoms with van der Waals surface area (Å²) in [6.07, 6.45) is 1.25. The zero-order chi connectivity index (χ0) is 15.6. The maximum atomic E-state index is 12.6. The first kappa shape index (κ1) is 14.7. The van der Waals surface area contributed by atoms with Crippen molar-refractivity contribution in [2.24, 2.45) is 11.1 Å². The van der Waals surface area contributed by atoms with Crippen LogP contribution in [-0.2, 0) is 9.53 Å². The van der Waals surface area contributed by atoms with Crippen LogP contribution in [0.5, 0.6) is 0 Å². The molecule has 1 aromatic heterocycles. The molecule has 22 heavy (non-hydrogen) atoms. The van der Waals surface area contributed by atoms with Crippen LogP contribution in [0.2, 0.25) is 0 Å². The van der Waals surface area contributed by atoms with Gasteiger partial charge in [-0.1, -0.05) is 0 Å². The predicted molar refractivity (Wildman–Crippen MR) is 82.7 cm³/mol. The molecular weight excluding hydrogens is 284 g/mol. The number of carbonyl (C=O) groups is 1. The Morgan fingerprint density at radius 1 is 1.23 bits per heavy atom. The van der Waals surface area contributed by atoms with Crippen molar-refractivity contribution in [2.45, 2.75) is 12.8 Å². The minimum absolute atomic E-state index is 0.0879. The van der Waals surface area contributed by atoms with E-state index < -0.39 is 11.0 Å². The number of ether oxygens (including phenoxy) is 1. The Kier molecular flexibility index (Phi) is 3.96. The molecule has 1 amide bonds. The van der Waals surface area contributed by atoms with E-state index in [-0.39, 0.29) is 5.91 Å². The van der Waals surface area contributed by atoms with Crippen molar-refractivity contribution in [1.82, 2.24) is 0 Å². The number of nitrogens with two attached hydrogens (primary N) is 1. The molecule has 0 spiro atoms. The van der Waals surface area contributed by atoms with Crippen LogP contribution in [0.1, 0.15) is 12.8 Å². The summed E-state index contributed by atoms with van der Waals surface area (Å²) in [5, 5.41) is 3.67. The molecule has 1 fully saturated rings. The van der Waals surface area contributed by atoms with E-state index in [1.807, 2.05) is 0 Å². The summed E-state index contributed by atoms with van der Waals surface area (Å²) in [4.78, 5) is 23.8. The lowest BCUT2D eigenvalue weighted by molar-refractivity contribution is -0.130. The maximum Gasteiger partial charge on any atom is 0.336 e. The van der Waals surface area contributed by atoms with Crippen molar-refractivity contribution in [3.8, 4) is 0 Å². The summed E-state index contributed by atoms with van der Waals surface area (Å²) in [5.41, 5.74) is 6.01. The van der Waals surface area contributed by atoms with E-state index in [2.05, 4.69) is 5.32 Å². The van der Waals surface area contributed by atoms with Crippen LogP contribution in [0.4, 0.5) is 5.69 Å². The molecule has 2 heterocycles. The van der Waals surface area contributed by atoms with Crippen molar-refractivity contribution in [1.29, 1.82) is 0 Å². The lowest BCUT2D eigenvalue weighted by Crippen LogP contribution is -2.46. The largest absolute Gasteiger partial charge is 0.423 e. The predicted octanol–water partition coefficient (Wildman–Crippen LogP) is 1.49. The second-order valence-electron chi connectivity index (χ2n) is 5.56. The number of carbonyl (C=O) groups excluding carboxylic acids is 1. The first-order chi connectivity index (χ1) is 10.6. The highest BCUT2D eigenvalue weighted by Crippen LogP contribution is 2.31. The average molecular weight is 302 g/mol. The van der Waals surface area contributed by atoms with Crippen molar-refractivity contribution < 1.29 is 13.9 Å². The van der Waals surface area contributed by atoms with Gasteiger partial charge in [-0.05, 0) is 37.1 Å². The van der Waals surface area contributed by atoms with Crippen LogP contribution in [0.25, 0.3) is 11.0 Å². The molecule has 0 unspecified atom stereocenters. The summed E-state index contributed by atoms with van der Waals surface area (Å²) in [5.74, 6) is -0.0879.